The first-order valence-corrected chi connectivity index (χ1v) is 5.05. The highest BCUT2D eigenvalue weighted by atomic mass is 19.2. The number of amides is 1. The molecule has 92 valence electrons. The zero-order valence-electron chi connectivity index (χ0n) is 9.08. The molecular weight excluding hydrogens is 243 g/mol. The van der Waals surface area contributed by atoms with Crippen molar-refractivity contribution in [2.75, 3.05) is 0 Å². The zero-order chi connectivity index (χ0) is 13.3. The van der Waals surface area contributed by atoms with Gasteiger partial charge in [-0.2, -0.15) is 0 Å². The van der Waals surface area contributed by atoms with E-state index in [4.69, 9.17) is 5.73 Å². The molecular formula is C13H8F3NO. The van der Waals surface area contributed by atoms with E-state index in [9.17, 15) is 18.0 Å². The van der Waals surface area contributed by atoms with Crippen LogP contribution in [0.4, 0.5) is 13.2 Å². The van der Waals surface area contributed by atoms with Gasteiger partial charge in [-0.1, -0.05) is 24.3 Å². The molecule has 0 heterocycles. The summed E-state index contributed by atoms with van der Waals surface area (Å²) >= 11 is 0. The molecule has 0 aliphatic rings. The summed E-state index contributed by atoms with van der Waals surface area (Å²) in [6.07, 6.45) is 0. The highest BCUT2D eigenvalue weighted by Crippen LogP contribution is 2.28. The van der Waals surface area contributed by atoms with Gasteiger partial charge in [-0.25, -0.2) is 13.2 Å². The molecule has 2 nitrogen and oxygen atoms in total. The van der Waals surface area contributed by atoms with Gasteiger partial charge in [0.25, 0.3) is 5.91 Å². The van der Waals surface area contributed by atoms with Crippen molar-refractivity contribution in [1.82, 2.24) is 0 Å². The molecule has 0 saturated heterocycles. The average Bonchev–Trinajstić information content (AvgIpc) is 2.32. The van der Waals surface area contributed by atoms with Crippen LogP contribution in [0.5, 0.6) is 0 Å². The topological polar surface area (TPSA) is 43.1 Å². The number of rotatable bonds is 2. The molecule has 0 aliphatic heterocycles. The lowest BCUT2D eigenvalue weighted by Gasteiger charge is -2.09. The summed E-state index contributed by atoms with van der Waals surface area (Å²) in [5.41, 5.74) is 4.31. The number of hydrogen-bond donors (Lipinski definition) is 1. The van der Waals surface area contributed by atoms with Crippen LogP contribution in [0.2, 0.25) is 0 Å². The molecule has 0 atom stereocenters. The van der Waals surface area contributed by atoms with Crippen LogP contribution in [0.1, 0.15) is 10.4 Å². The van der Waals surface area contributed by atoms with Crippen molar-refractivity contribution in [2.45, 2.75) is 0 Å². The lowest BCUT2D eigenvalue weighted by Crippen LogP contribution is -2.15. The van der Waals surface area contributed by atoms with E-state index in [0.29, 0.717) is 0 Å². The van der Waals surface area contributed by atoms with Crippen molar-refractivity contribution in [3.63, 3.8) is 0 Å². The van der Waals surface area contributed by atoms with Gasteiger partial charge in [0.05, 0.1) is 5.56 Å². The van der Waals surface area contributed by atoms with Crippen LogP contribution in [0, 0.1) is 17.5 Å². The maximum absolute atomic E-state index is 13.6. The summed E-state index contributed by atoms with van der Waals surface area (Å²) in [5, 5.41) is 0. The van der Waals surface area contributed by atoms with Gasteiger partial charge in [-0.05, 0) is 12.1 Å². The number of hydrogen-bond acceptors (Lipinski definition) is 1. The second-order valence-corrected chi connectivity index (χ2v) is 3.63. The van der Waals surface area contributed by atoms with Gasteiger partial charge < -0.3 is 5.73 Å². The van der Waals surface area contributed by atoms with Crippen molar-refractivity contribution in [2.24, 2.45) is 5.73 Å². The SMILES string of the molecule is NC(=O)c1c(F)cccc1-c1cccc(F)c1F. The highest BCUT2D eigenvalue weighted by Gasteiger charge is 2.18. The smallest absolute Gasteiger partial charge is 0.252 e. The van der Waals surface area contributed by atoms with Crippen LogP contribution in [0.25, 0.3) is 11.1 Å². The average molecular weight is 251 g/mol. The molecule has 2 N–H and O–H groups in total. The molecule has 0 fully saturated rings. The Balaban J connectivity index is 2.75. The van der Waals surface area contributed by atoms with Gasteiger partial charge in [-0.3, -0.25) is 4.79 Å². The quantitative estimate of drug-likeness (QED) is 0.876. The largest absolute Gasteiger partial charge is 0.365 e. The summed E-state index contributed by atoms with van der Waals surface area (Å²) < 4.78 is 40.2. The summed E-state index contributed by atoms with van der Waals surface area (Å²) in [7, 11) is 0. The third-order valence-corrected chi connectivity index (χ3v) is 2.50. The number of benzene rings is 2. The van der Waals surface area contributed by atoms with Crippen molar-refractivity contribution in [3.8, 4) is 11.1 Å². The molecule has 0 unspecified atom stereocenters. The molecule has 5 heteroatoms. The fourth-order valence-electron chi connectivity index (χ4n) is 1.71. The third-order valence-electron chi connectivity index (χ3n) is 2.50. The number of carbonyl (C=O) groups is 1. The Hall–Kier alpha value is -2.30. The molecule has 0 radical (unpaired) electrons. The van der Waals surface area contributed by atoms with Gasteiger partial charge in [0.15, 0.2) is 11.6 Å². The molecule has 2 aromatic carbocycles. The Morgan fingerprint density at radius 2 is 1.44 bits per heavy atom. The lowest BCUT2D eigenvalue weighted by atomic mass is 9.98. The van der Waals surface area contributed by atoms with Crippen LogP contribution >= 0.6 is 0 Å². The van der Waals surface area contributed by atoms with Crippen LogP contribution in [-0.4, -0.2) is 5.91 Å². The van der Waals surface area contributed by atoms with E-state index < -0.39 is 28.9 Å². The normalized spacial score (nSPS) is 10.4. The summed E-state index contributed by atoms with van der Waals surface area (Å²) in [6.45, 7) is 0. The van der Waals surface area contributed by atoms with E-state index in [0.717, 1.165) is 12.1 Å². The van der Waals surface area contributed by atoms with Crippen LogP contribution < -0.4 is 5.73 Å². The van der Waals surface area contributed by atoms with Gasteiger partial charge in [-0.15, -0.1) is 0 Å². The number of nitrogens with two attached hydrogens (primary N) is 1. The predicted octanol–water partition coefficient (Wildman–Crippen LogP) is 2.87. The fraction of sp³-hybridized carbons (Fsp3) is 0. The minimum absolute atomic E-state index is 0.0699. The predicted molar refractivity (Wildman–Crippen MR) is 60.3 cm³/mol. The Morgan fingerprint density at radius 3 is 2.06 bits per heavy atom. The van der Waals surface area contributed by atoms with E-state index in [1.165, 1.54) is 24.3 Å². The molecule has 0 aromatic heterocycles. The molecule has 0 saturated carbocycles. The first-order chi connectivity index (χ1) is 8.52. The van der Waals surface area contributed by atoms with Gasteiger partial charge >= 0.3 is 0 Å². The summed E-state index contributed by atoms with van der Waals surface area (Å²) in [4.78, 5) is 11.2. The Morgan fingerprint density at radius 1 is 0.889 bits per heavy atom. The maximum Gasteiger partial charge on any atom is 0.252 e. The molecule has 2 aromatic rings. The number of primary amides is 1. The molecule has 0 bridgehead atoms. The first kappa shape index (κ1) is 12.2. The van der Waals surface area contributed by atoms with Crippen LogP contribution in [0.15, 0.2) is 36.4 Å². The van der Waals surface area contributed by atoms with E-state index >= 15 is 0 Å². The van der Waals surface area contributed by atoms with Crippen molar-refractivity contribution < 1.29 is 18.0 Å². The number of carbonyl (C=O) groups excluding carboxylic acids is 1. The Labute approximate surface area is 101 Å². The number of halogens is 3. The minimum atomic E-state index is -1.15. The van der Waals surface area contributed by atoms with E-state index in [1.54, 1.807) is 0 Å². The second kappa shape index (κ2) is 4.52. The third kappa shape index (κ3) is 1.95. The van der Waals surface area contributed by atoms with Gasteiger partial charge in [0.1, 0.15) is 5.82 Å². The maximum atomic E-state index is 13.6. The summed E-state index contributed by atoms with van der Waals surface area (Å²) in [5.74, 6) is -4.13. The summed E-state index contributed by atoms with van der Waals surface area (Å²) in [6, 6.07) is 7.08. The lowest BCUT2D eigenvalue weighted by molar-refractivity contribution is 0.0997. The van der Waals surface area contributed by atoms with Gasteiger partial charge in [0.2, 0.25) is 0 Å². The van der Waals surface area contributed by atoms with Gasteiger partial charge in [0, 0.05) is 11.1 Å². The monoisotopic (exact) mass is 251 g/mol. The zero-order valence-corrected chi connectivity index (χ0v) is 9.08. The van der Waals surface area contributed by atoms with Crippen molar-refractivity contribution in [3.05, 3.63) is 59.4 Å². The van der Waals surface area contributed by atoms with E-state index in [2.05, 4.69) is 0 Å². The molecule has 0 aliphatic carbocycles. The van der Waals surface area contributed by atoms with Crippen molar-refractivity contribution in [1.29, 1.82) is 0 Å². The molecule has 2 rings (SSSR count). The van der Waals surface area contributed by atoms with E-state index in [-0.39, 0.29) is 11.1 Å². The van der Waals surface area contributed by atoms with Crippen LogP contribution in [-0.2, 0) is 0 Å². The highest BCUT2D eigenvalue weighted by molar-refractivity contribution is 6.00. The Kier molecular flexibility index (Phi) is 3.06. The van der Waals surface area contributed by atoms with Crippen LogP contribution in [0.3, 0.4) is 0 Å². The standard InChI is InChI=1S/C13H8F3NO/c14-9-5-1-3-7(11(9)13(17)18)8-4-2-6-10(15)12(8)16/h1-6H,(H2,17,18). The molecule has 18 heavy (non-hydrogen) atoms. The Bertz CT molecular complexity index is 626. The molecule has 0 spiro atoms. The fourth-order valence-corrected chi connectivity index (χ4v) is 1.71. The first-order valence-electron chi connectivity index (χ1n) is 5.05. The second-order valence-electron chi connectivity index (χ2n) is 3.63. The van der Waals surface area contributed by atoms with Crippen molar-refractivity contribution >= 4 is 5.91 Å². The van der Waals surface area contributed by atoms with E-state index in [1.807, 2.05) is 0 Å². The minimum Gasteiger partial charge on any atom is -0.365 e. The molecule has 1 amide bonds.